The zero-order valence-corrected chi connectivity index (χ0v) is 8.42. The second-order valence-corrected chi connectivity index (χ2v) is 4.76. The number of hydrogen-bond acceptors (Lipinski definition) is 1. The molecule has 2 unspecified atom stereocenters. The maximum atomic E-state index is 11.9. The van der Waals surface area contributed by atoms with E-state index in [1.807, 2.05) is 0 Å². The fourth-order valence-corrected chi connectivity index (χ4v) is 3.10. The molecule has 2 atom stereocenters. The van der Waals surface area contributed by atoms with Gasteiger partial charge in [-0.2, -0.15) is 0 Å². The summed E-state index contributed by atoms with van der Waals surface area (Å²) in [5.41, 5.74) is 2.47. The molecule has 1 nitrogen and oxygen atoms in total. The van der Waals surface area contributed by atoms with E-state index in [-0.39, 0.29) is 5.41 Å². The summed E-state index contributed by atoms with van der Waals surface area (Å²) < 4.78 is 0. The fraction of sp³-hybridized carbons (Fsp3) is 0.462. The predicted molar refractivity (Wildman–Crippen MR) is 55.2 cm³/mol. The lowest BCUT2D eigenvalue weighted by Crippen LogP contribution is -2.44. The van der Waals surface area contributed by atoms with Crippen molar-refractivity contribution in [2.45, 2.75) is 31.6 Å². The van der Waals surface area contributed by atoms with Gasteiger partial charge in [-0.25, -0.2) is 0 Å². The second kappa shape index (κ2) is 2.47. The highest BCUT2D eigenvalue weighted by molar-refractivity contribution is 6.00. The highest BCUT2D eigenvalue weighted by Gasteiger charge is 2.59. The van der Waals surface area contributed by atoms with Crippen molar-refractivity contribution in [1.29, 1.82) is 0 Å². The largest absolute Gasteiger partial charge is 0.298 e. The number of Topliss-reactive ketones (excluding diaryl/α,β-unsaturated/α-hetero) is 1. The molecule has 0 radical (unpaired) electrons. The lowest BCUT2D eigenvalue weighted by atomic mass is 9.64. The first kappa shape index (κ1) is 8.22. The minimum absolute atomic E-state index is 0.0588. The van der Waals surface area contributed by atoms with Crippen LogP contribution in [0.3, 0.4) is 0 Å². The smallest absolute Gasteiger partial charge is 0.146 e. The lowest BCUT2D eigenvalue weighted by Gasteiger charge is -2.37. The van der Waals surface area contributed by atoms with E-state index in [2.05, 4.69) is 31.2 Å². The van der Waals surface area contributed by atoms with Gasteiger partial charge in [-0.3, -0.25) is 4.79 Å². The van der Waals surface area contributed by atoms with Crippen LogP contribution < -0.4 is 0 Å². The van der Waals surface area contributed by atoms with Crippen LogP contribution in [0.25, 0.3) is 0 Å². The van der Waals surface area contributed by atoms with Gasteiger partial charge < -0.3 is 0 Å². The number of fused-ring (bicyclic) bond motifs is 1. The number of carbonyl (C=O) groups is 1. The van der Waals surface area contributed by atoms with Crippen molar-refractivity contribution < 1.29 is 4.79 Å². The van der Waals surface area contributed by atoms with Crippen molar-refractivity contribution in [3.63, 3.8) is 0 Å². The zero-order valence-electron chi connectivity index (χ0n) is 8.42. The Hall–Kier alpha value is -1.11. The van der Waals surface area contributed by atoms with Crippen molar-refractivity contribution in [2.75, 3.05) is 0 Å². The summed E-state index contributed by atoms with van der Waals surface area (Å²) in [5, 5.41) is 0. The van der Waals surface area contributed by atoms with Gasteiger partial charge in [0, 0.05) is 5.92 Å². The quantitative estimate of drug-likeness (QED) is 0.659. The Balaban J connectivity index is 2.07. The number of benzene rings is 1. The molecule has 2 bridgehead atoms. The maximum Gasteiger partial charge on any atom is 0.146 e. The molecule has 4 rings (SSSR count). The minimum Gasteiger partial charge on any atom is -0.298 e. The van der Waals surface area contributed by atoms with Gasteiger partial charge in [0.1, 0.15) is 5.78 Å². The molecular weight excluding hydrogens is 172 g/mol. The topological polar surface area (TPSA) is 17.1 Å². The predicted octanol–water partition coefficient (Wildman–Crippen LogP) is 2.62. The molecular formula is C13H14O. The monoisotopic (exact) mass is 186 g/mol. The SMILES string of the molecule is Cc1cccc(C23CCC(C2)C3=O)c1. The van der Waals surface area contributed by atoms with Crippen LogP contribution in [0.1, 0.15) is 30.4 Å². The Labute approximate surface area is 84.1 Å². The van der Waals surface area contributed by atoms with Crippen LogP contribution >= 0.6 is 0 Å². The minimum atomic E-state index is -0.0588. The van der Waals surface area contributed by atoms with Gasteiger partial charge in [-0.15, -0.1) is 0 Å². The van der Waals surface area contributed by atoms with Gasteiger partial charge in [-0.05, 0) is 31.7 Å². The van der Waals surface area contributed by atoms with E-state index in [0.717, 1.165) is 19.3 Å². The molecule has 0 spiro atoms. The molecule has 0 aromatic heterocycles. The molecule has 3 fully saturated rings. The summed E-state index contributed by atoms with van der Waals surface area (Å²) in [4.78, 5) is 11.9. The van der Waals surface area contributed by atoms with E-state index in [4.69, 9.17) is 0 Å². The molecule has 1 aromatic carbocycles. The van der Waals surface area contributed by atoms with Crippen molar-refractivity contribution in [2.24, 2.45) is 5.92 Å². The molecule has 1 heteroatoms. The summed E-state index contributed by atoms with van der Waals surface area (Å²) in [5.74, 6) is 0.901. The molecule has 14 heavy (non-hydrogen) atoms. The van der Waals surface area contributed by atoms with Gasteiger partial charge in [0.05, 0.1) is 5.41 Å². The maximum absolute atomic E-state index is 11.9. The normalized spacial score (nSPS) is 34.4. The molecule has 1 aromatic rings. The number of aryl methyl sites for hydroxylation is 1. The molecule has 0 N–H and O–H groups in total. The van der Waals surface area contributed by atoms with Crippen LogP contribution in [0, 0.1) is 12.8 Å². The van der Waals surface area contributed by atoms with E-state index in [1.54, 1.807) is 0 Å². The van der Waals surface area contributed by atoms with E-state index >= 15 is 0 Å². The first-order chi connectivity index (χ1) is 6.72. The zero-order chi connectivity index (χ0) is 9.76. The molecule has 3 saturated carbocycles. The third kappa shape index (κ3) is 0.827. The van der Waals surface area contributed by atoms with Crippen LogP contribution in [0.4, 0.5) is 0 Å². The lowest BCUT2D eigenvalue weighted by molar-refractivity contribution is -0.133. The summed E-state index contributed by atoms with van der Waals surface area (Å²) in [6, 6.07) is 8.46. The highest BCUT2D eigenvalue weighted by atomic mass is 16.1. The Kier molecular flexibility index (Phi) is 1.45. The Bertz CT molecular complexity index is 403. The molecule has 0 heterocycles. The molecule has 3 aliphatic rings. The van der Waals surface area contributed by atoms with Gasteiger partial charge in [-0.1, -0.05) is 29.8 Å². The summed E-state index contributed by atoms with van der Waals surface area (Å²) in [7, 11) is 0. The molecule has 0 amide bonds. The van der Waals surface area contributed by atoms with Crippen LogP contribution in [0.15, 0.2) is 24.3 Å². The van der Waals surface area contributed by atoms with Crippen LogP contribution in [-0.4, -0.2) is 5.78 Å². The van der Waals surface area contributed by atoms with E-state index in [0.29, 0.717) is 11.7 Å². The average molecular weight is 186 g/mol. The second-order valence-electron chi connectivity index (χ2n) is 4.76. The van der Waals surface area contributed by atoms with Gasteiger partial charge in [0.15, 0.2) is 0 Å². The third-order valence-corrected chi connectivity index (χ3v) is 3.93. The standard InChI is InChI=1S/C13H14O/c1-9-3-2-4-11(7-9)13-6-5-10(8-13)12(13)14/h2-4,7,10H,5-6,8H2,1H3. The fourth-order valence-electron chi connectivity index (χ4n) is 3.10. The molecule has 3 aliphatic carbocycles. The van der Waals surface area contributed by atoms with Crippen LogP contribution in [0.2, 0.25) is 0 Å². The van der Waals surface area contributed by atoms with Crippen LogP contribution in [-0.2, 0) is 10.2 Å². The third-order valence-electron chi connectivity index (χ3n) is 3.93. The van der Waals surface area contributed by atoms with E-state index in [1.165, 1.54) is 11.1 Å². The number of ketones is 1. The number of rotatable bonds is 1. The van der Waals surface area contributed by atoms with E-state index < -0.39 is 0 Å². The highest BCUT2D eigenvalue weighted by Crippen LogP contribution is 2.56. The molecule has 0 saturated heterocycles. The Morgan fingerprint density at radius 2 is 2.29 bits per heavy atom. The van der Waals surface area contributed by atoms with Crippen LogP contribution in [0.5, 0.6) is 0 Å². The van der Waals surface area contributed by atoms with Gasteiger partial charge in [0.25, 0.3) is 0 Å². The first-order valence-corrected chi connectivity index (χ1v) is 5.34. The van der Waals surface area contributed by atoms with Gasteiger partial charge >= 0.3 is 0 Å². The van der Waals surface area contributed by atoms with Crippen molar-refractivity contribution in [3.8, 4) is 0 Å². The molecule has 0 aliphatic heterocycles. The number of hydrogen-bond donors (Lipinski definition) is 0. The molecule has 72 valence electrons. The van der Waals surface area contributed by atoms with E-state index in [9.17, 15) is 4.79 Å². The average Bonchev–Trinajstić information content (AvgIpc) is 2.75. The van der Waals surface area contributed by atoms with Crippen molar-refractivity contribution in [1.82, 2.24) is 0 Å². The summed E-state index contributed by atoms with van der Waals surface area (Å²) in [6.45, 7) is 2.09. The Morgan fingerprint density at radius 1 is 1.43 bits per heavy atom. The van der Waals surface area contributed by atoms with Crippen molar-refractivity contribution >= 4 is 5.78 Å². The Morgan fingerprint density at radius 3 is 2.86 bits per heavy atom. The first-order valence-electron chi connectivity index (χ1n) is 5.34. The summed E-state index contributed by atoms with van der Waals surface area (Å²) in [6.07, 6.45) is 3.31. The number of carbonyl (C=O) groups excluding carboxylic acids is 1. The van der Waals surface area contributed by atoms with Gasteiger partial charge in [0.2, 0.25) is 0 Å². The van der Waals surface area contributed by atoms with Crippen molar-refractivity contribution in [3.05, 3.63) is 35.4 Å². The summed E-state index contributed by atoms with van der Waals surface area (Å²) >= 11 is 0.